The van der Waals surface area contributed by atoms with Gasteiger partial charge in [0.25, 0.3) is 0 Å². The summed E-state index contributed by atoms with van der Waals surface area (Å²) in [7, 11) is 0. The molecule has 1 aromatic heterocycles. The van der Waals surface area contributed by atoms with Crippen molar-refractivity contribution in [3.05, 3.63) is 17.6 Å². The van der Waals surface area contributed by atoms with Gasteiger partial charge in [-0.15, -0.1) is 0 Å². The molecule has 0 amide bonds. The van der Waals surface area contributed by atoms with Crippen LogP contribution in [0, 0.1) is 18.3 Å². The molecule has 0 spiro atoms. The van der Waals surface area contributed by atoms with Crippen molar-refractivity contribution < 1.29 is 0 Å². The molecule has 0 N–H and O–H groups in total. The summed E-state index contributed by atoms with van der Waals surface area (Å²) in [5.74, 6) is 2.28. The largest absolute Gasteiger partial charge is 0.354 e. The Hall–Kier alpha value is -1.67. The van der Waals surface area contributed by atoms with Crippen LogP contribution in [0.5, 0.6) is 0 Å². The monoisotopic (exact) mass is 287 g/mol. The predicted octanol–water partition coefficient (Wildman–Crippen LogP) is 2.33. The zero-order valence-corrected chi connectivity index (χ0v) is 13.5. The van der Waals surface area contributed by atoms with Gasteiger partial charge >= 0.3 is 0 Å². The Morgan fingerprint density at radius 2 is 1.90 bits per heavy atom. The average molecular weight is 287 g/mol. The number of hydrogen-bond acceptors (Lipinski definition) is 5. The van der Waals surface area contributed by atoms with Crippen molar-refractivity contribution in [2.45, 2.75) is 46.1 Å². The van der Waals surface area contributed by atoms with Crippen molar-refractivity contribution in [2.24, 2.45) is 0 Å². The molecule has 21 heavy (non-hydrogen) atoms. The van der Waals surface area contributed by atoms with Crippen molar-refractivity contribution in [2.75, 3.05) is 31.1 Å². The van der Waals surface area contributed by atoms with Gasteiger partial charge in [0.1, 0.15) is 11.6 Å². The van der Waals surface area contributed by atoms with Crippen molar-refractivity contribution >= 4 is 5.82 Å². The van der Waals surface area contributed by atoms with Crippen LogP contribution >= 0.6 is 0 Å². The molecule has 0 bridgehead atoms. The summed E-state index contributed by atoms with van der Waals surface area (Å²) in [5.41, 5.74) is 1.02. The van der Waals surface area contributed by atoms with E-state index in [4.69, 9.17) is 10.2 Å². The van der Waals surface area contributed by atoms with Crippen LogP contribution in [0.1, 0.15) is 44.6 Å². The van der Waals surface area contributed by atoms with Gasteiger partial charge < -0.3 is 4.90 Å². The molecule has 0 radical (unpaired) electrons. The molecule has 1 atom stereocenters. The van der Waals surface area contributed by atoms with E-state index in [0.717, 1.165) is 49.9 Å². The molecule has 1 saturated heterocycles. The van der Waals surface area contributed by atoms with E-state index in [9.17, 15) is 0 Å². The second kappa shape index (κ2) is 6.86. The number of aromatic nitrogens is 2. The summed E-state index contributed by atoms with van der Waals surface area (Å²) in [6, 6.07) is 4.50. The molecule has 0 aliphatic carbocycles. The molecule has 0 aromatic carbocycles. The molecule has 2 heterocycles. The number of aryl methyl sites for hydroxylation is 1. The number of nitriles is 1. The van der Waals surface area contributed by atoms with E-state index in [0.29, 0.717) is 5.92 Å². The van der Waals surface area contributed by atoms with E-state index < -0.39 is 0 Å². The van der Waals surface area contributed by atoms with Crippen LogP contribution in [0.3, 0.4) is 0 Å². The number of anilines is 1. The first-order valence-corrected chi connectivity index (χ1v) is 7.79. The highest BCUT2D eigenvalue weighted by molar-refractivity contribution is 5.40. The van der Waals surface area contributed by atoms with Gasteiger partial charge in [0, 0.05) is 43.9 Å². The Labute approximate surface area is 127 Å². The summed E-state index contributed by atoms with van der Waals surface area (Å²) in [4.78, 5) is 13.8. The van der Waals surface area contributed by atoms with Gasteiger partial charge in [-0.3, -0.25) is 4.90 Å². The topological polar surface area (TPSA) is 56.1 Å². The molecular weight excluding hydrogens is 262 g/mol. The van der Waals surface area contributed by atoms with E-state index in [-0.39, 0.29) is 6.04 Å². The first-order chi connectivity index (χ1) is 10.0. The van der Waals surface area contributed by atoms with Crippen LogP contribution in [-0.2, 0) is 0 Å². The number of hydrogen-bond donors (Lipinski definition) is 0. The van der Waals surface area contributed by atoms with Gasteiger partial charge in [-0.05, 0) is 13.3 Å². The lowest BCUT2D eigenvalue weighted by atomic mass is 10.1. The summed E-state index contributed by atoms with van der Waals surface area (Å²) < 4.78 is 0. The smallest absolute Gasteiger partial charge is 0.133 e. The van der Waals surface area contributed by atoms with Crippen LogP contribution in [-0.4, -0.2) is 47.1 Å². The minimum absolute atomic E-state index is 0.0468. The molecule has 114 valence electrons. The maximum absolute atomic E-state index is 9.17. The second-order valence-corrected chi connectivity index (χ2v) is 5.96. The van der Waals surface area contributed by atoms with Crippen molar-refractivity contribution in [1.29, 1.82) is 5.26 Å². The standard InChI is InChI=1S/C16H25N5/c1-5-14(11-17)20-6-8-21(9-7-20)15-10-13(4)18-16(19-15)12(2)3/h10,12,14H,5-9H2,1-4H3. The quantitative estimate of drug-likeness (QED) is 0.850. The SMILES string of the molecule is CCC(C#N)N1CCN(c2cc(C)nc(C(C)C)n2)CC1. The normalized spacial score (nSPS) is 17.8. The predicted molar refractivity (Wildman–Crippen MR) is 84.3 cm³/mol. The average Bonchev–Trinajstić information content (AvgIpc) is 2.48. The van der Waals surface area contributed by atoms with Crippen molar-refractivity contribution in [1.82, 2.24) is 14.9 Å². The van der Waals surface area contributed by atoms with E-state index in [2.05, 4.69) is 47.7 Å². The lowest BCUT2D eigenvalue weighted by Gasteiger charge is -2.37. The Morgan fingerprint density at radius 3 is 2.43 bits per heavy atom. The highest BCUT2D eigenvalue weighted by Gasteiger charge is 2.23. The van der Waals surface area contributed by atoms with Crippen molar-refractivity contribution in [3.8, 4) is 6.07 Å². The molecule has 5 nitrogen and oxygen atoms in total. The maximum atomic E-state index is 9.17. The Bertz CT molecular complexity index is 512. The minimum Gasteiger partial charge on any atom is -0.354 e. The molecular formula is C16H25N5. The molecule has 0 saturated carbocycles. The first-order valence-electron chi connectivity index (χ1n) is 7.79. The summed E-state index contributed by atoms with van der Waals surface area (Å²) in [5, 5.41) is 9.17. The van der Waals surface area contributed by atoms with Crippen LogP contribution in [0.15, 0.2) is 6.07 Å². The zero-order valence-electron chi connectivity index (χ0n) is 13.5. The fourth-order valence-corrected chi connectivity index (χ4v) is 2.69. The fourth-order valence-electron chi connectivity index (χ4n) is 2.69. The van der Waals surface area contributed by atoms with E-state index in [1.807, 2.05) is 6.92 Å². The van der Waals surface area contributed by atoms with E-state index in [1.165, 1.54) is 0 Å². The van der Waals surface area contributed by atoms with Gasteiger partial charge in [0.05, 0.1) is 12.1 Å². The lowest BCUT2D eigenvalue weighted by Crippen LogP contribution is -2.50. The van der Waals surface area contributed by atoms with Gasteiger partial charge in [-0.25, -0.2) is 9.97 Å². The lowest BCUT2D eigenvalue weighted by molar-refractivity contribution is 0.216. The zero-order chi connectivity index (χ0) is 15.4. The Kier molecular flexibility index (Phi) is 5.13. The van der Waals surface area contributed by atoms with Crippen LogP contribution < -0.4 is 4.90 Å². The van der Waals surface area contributed by atoms with E-state index in [1.54, 1.807) is 0 Å². The van der Waals surface area contributed by atoms with Crippen molar-refractivity contribution in [3.63, 3.8) is 0 Å². The van der Waals surface area contributed by atoms with Gasteiger partial charge in [-0.1, -0.05) is 20.8 Å². The maximum Gasteiger partial charge on any atom is 0.133 e. The summed E-state index contributed by atoms with van der Waals surface area (Å²) in [6.45, 7) is 12.0. The molecule has 1 aliphatic rings. The molecule has 1 unspecified atom stereocenters. The molecule has 1 fully saturated rings. The van der Waals surface area contributed by atoms with Gasteiger partial charge in [0.15, 0.2) is 0 Å². The second-order valence-electron chi connectivity index (χ2n) is 5.96. The summed E-state index contributed by atoms with van der Waals surface area (Å²) in [6.07, 6.45) is 0.889. The molecule has 1 aromatic rings. The van der Waals surface area contributed by atoms with Crippen LogP contribution in [0.4, 0.5) is 5.82 Å². The van der Waals surface area contributed by atoms with Crippen LogP contribution in [0.2, 0.25) is 0 Å². The number of nitrogens with zero attached hydrogens (tertiary/aromatic N) is 5. The number of piperazine rings is 1. The fraction of sp³-hybridized carbons (Fsp3) is 0.688. The molecule has 2 rings (SSSR count). The Morgan fingerprint density at radius 1 is 1.24 bits per heavy atom. The third-order valence-electron chi connectivity index (χ3n) is 3.99. The number of rotatable bonds is 4. The molecule has 5 heteroatoms. The highest BCUT2D eigenvalue weighted by atomic mass is 15.3. The molecule has 1 aliphatic heterocycles. The van der Waals surface area contributed by atoms with Gasteiger partial charge in [0.2, 0.25) is 0 Å². The highest BCUT2D eigenvalue weighted by Crippen LogP contribution is 2.19. The first kappa shape index (κ1) is 15.7. The third-order valence-corrected chi connectivity index (χ3v) is 3.99. The third kappa shape index (κ3) is 3.70. The summed E-state index contributed by atoms with van der Waals surface area (Å²) >= 11 is 0. The van der Waals surface area contributed by atoms with Gasteiger partial charge in [-0.2, -0.15) is 5.26 Å². The van der Waals surface area contributed by atoms with E-state index >= 15 is 0 Å². The van der Waals surface area contributed by atoms with Crippen LogP contribution in [0.25, 0.3) is 0 Å². The minimum atomic E-state index is 0.0468. The Balaban J connectivity index is 2.07.